The topological polar surface area (TPSA) is 59.3 Å². The molecule has 1 aliphatic rings. The number of carboxylic acids is 1. The summed E-state index contributed by atoms with van der Waals surface area (Å²) in [6, 6.07) is 5.34. The van der Waals surface area contributed by atoms with Crippen LogP contribution in [0.5, 0.6) is 0 Å². The maximum absolute atomic E-state index is 12.2. The van der Waals surface area contributed by atoms with Crippen molar-refractivity contribution < 1.29 is 9.90 Å². The monoisotopic (exact) mass is 291 g/mol. The van der Waals surface area contributed by atoms with Crippen LogP contribution in [-0.4, -0.2) is 15.6 Å². The Kier molecular flexibility index (Phi) is 3.26. The number of hydrogen-bond acceptors (Lipinski definition) is 2. The van der Waals surface area contributed by atoms with Gasteiger partial charge < -0.3 is 9.67 Å². The normalized spacial score (nSPS) is 15.8. The quantitative estimate of drug-likeness (QED) is 0.921. The Hall–Kier alpha value is -1.81. The van der Waals surface area contributed by atoms with E-state index in [2.05, 4.69) is 0 Å². The minimum atomic E-state index is -1.19. The molecule has 1 aromatic heterocycles. The molecular formula is C15H14ClNO3. The number of halogens is 1. The lowest BCUT2D eigenvalue weighted by Gasteiger charge is -2.18. The van der Waals surface area contributed by atoms with Gasteiger partial charge in [-0.05, 0) is 31.0 Å². The molecule has 0 amide bonds. The molecule has 4 nitrogen and oxygen atoms in total. The molecule has 1 N–H and O–H groups in total. The summed E-state index contributed by atoms with van der Waals surface area (Å²) in [5.74, 6) is -1.19. The lowest BCUT2D eigenvalue weighted by molar-refractivity contribution is 0.0694. The molecule has 3 rings (SSSR count). The van der Waals surface area contributed by atoms with Crippen LogP contribution in [0.15, 0.2) is 29.2 Å². The van der Waals surface area contributed by atoms with Crippen LogP contribution in [0.3, 0.4) is 0 Å². The molecule has 0 unspecified atom stereocenters. The maximum Gasteiger partial charge on any atom is 0.341 e. The van der Waals surface area contributed by atoms with Crippen LogP contribution in [0.1, 0.15) is 42.1 Å². The van der Waals surface area contributed by atoms with Gasteiger partial charge in [0, 0.05) is 22.6 Å². The number of benzene rings is 1. The van der Waals surface area contributed by atoms with Crippen molar-refractivity contribution in [3.63, 3.8) is 0 Å². The van der Waals surface area contributed by atoms with Crippen molar-refractivity contribution in [1.29, 1.82) is 0 Å². The third kappa shape index (κ3) is 2.10. The summed E-state index contributed by atoms with van der Waals surface area (Å²) < 4.78 is 1.93. The zero-order valence-corrected chi connectivity index (χ0v) is 11.6. The maximum atomic E-state index is 12.2. The van der Waals surface area contributed by atoms with E-state index in [9.17, 15) is 14.7 Å². The molecule has 1 heterocycles. The predicted octanol–water partition coefficient (Wildman–Crippen LogP) is 3.47. The first-order chi connectivity index (χ1) is 9.58. The molecule has 2 aromatic rings. The fourth-order valence-electron chi connectivity index (χ4n) is 2.96. The number of hydrogen-bond donors (Lipinski definition) is 1. The number of aromatic nitrogens is 1. The first kappa shape index (κ1) is 13.2. The zero-order valence-electron chi connectivity index (χ0n) is 10.8. The standard InChI is InChI=1S/C15H14ClNO3/c16-9-5-6-13-11(7-9)14(18)12(15(19)20)8-17(13)10-3-1-2-4-10/h5-8,10H,1-4H2,(H,19,20). The van der Waals surface area contributed by atoms with E-state index in [1.54, 1.807) is 18.2 Å². The van der Waals surface area contributed by atoms with Gasteiger partial charge in [0.1, 0.15) is 5.56 Å². The van der Waals surface area contributed by atoms with E-state index in [1.165, 1.54) is 6.20 Å². The molecule has 1 aromatic carbocycles. The van der Waals surface area contributed by atoms with Crippen LogP contribution in [0.25, 0.3) is 10.9 Å². The van der Waals surface area contributed by atoms with E-state index in [-0.39, 0.29) is 11.6 Å². The third-order valence-electron chi connectivity index (χ3n) is 3.94. The second-order valence-electron chi connectivity index (χ2n) is 5.18. The van der Waals surface area contributed by atoms with Crippen molar-refractivity contribution in [1.82, 2.24) is 4.57 Å². The molecule has 0 radical (unpaired) electrons. The minimum Gasteiger partial charge on any atom is -0.477 e. The van der Waals surface area contributed by atoms with Crippen molar-refractivity contribution in [3.05, 3.63) is 45.2 Å². The van der Waals surface area contributed by atoms with Gasteiger partial charge in [0.15, 0.2) is 0 Å². The summed E-state index contributed by atoms with van der Waals surface area (Å²) in [5, 5.41) is 10.0. The van der Waals surface area contributed by atoms with Crippen LogP contribution in [0.4, 0.5) is 0 Å². The molecule has 104 valence electrons. The minimum absolute atomic E-state index is 0.188. The lowest BCUT2D eigenvalue weighted by atomic mass is 10.1. The first-order valence-corrected chi connectivity index (χ1v) is 7.03. The molecule has 5 heteroatoms. The van der Waals surface area contributed by atoms with Gasteiger partial charge in [0.05, 0.1) is 5.52 Å². The van der Waals surface area contributed by atoms with E-state index < -0.39 is 11.4 Å². The van der Waals surface area contributed by atoms with Crippen molar-refractivity contribution >= 4 is 28.5 Å². The van der Waals surface area contributed by atoms with Crippen LogP contribution in [0.2, 0.25) is 5.02 Å². The highest BCUT2D eigenvalue weighted by Gasteiger charge is 2.21. The number of rotatable bonds is 2. The van der Waals surface area contributed by atoms with E-state index in [4.69, 9.17) is 11.6 Å². The van der Waals surface area contributed by atoms with Crippen molar-refractivity contribution in [2.45, 2.75) is 31.7 Å². The summed E-state index contributed by atoms with van der Waals surface area (Å²) in [7, 11) is 0. The Morgan fingerprint density at radius 1 is 1.30 bits per heavy atom. The van der Waals surface area contributed by atoms with E-state index >= 15 is 0 Å². The Labute approximate surface area is 120 Å². The predicted molar refractivity (Wildman–Crippen MR) is 77.7 cm³/mol. The van der Waals surface area contributed by atoms with Gasteiger partial charge in [-0.1, -0.05) is 24.4 Å². The Morgan fingerprint density at radius 3 is 2.65 bits per heavy atom. The van der Waals surface area contributed by atoms with Gasteiger partial charge in [-0.3, -0.25) is 4.79 Å². The summed E-state index contributed by atoms with van der Waals surface area (Å²) in [5.41, 5.74) is 0.104. The Balaban J connectivity index is 2.35. The summed E-state index contributed by atoms with van der Waals surface area (Å²) in [6.07, 6.45) is 5.78. The highest BCUT2D eigenvalue weighted by Crippen LogP contribution is 2.32. The van der Waals surface area contributed by atoms with Crippen molar-refractivity contribution in [2.75, 3.05) is 0 Å². The van der Waals surface area contributed by atoms with Crippen LogP contribution >= 0.6 is 11.6 Å². The molecule has 1 fully saturated rings. The summed E-state index contributed by atoms with van der Waals surface area (Å²) in [4.78, 5) is 23.5. The number of aromatic carboxylic acids is 1. The van der Waals surface area contributed by atoms with Gasteiger partial charge in [0.2, 0.25) is 5.43 Å². The average Bonchev–Trinajstić information content (AvgIpc) is 2.93. The van der Waals surface area contributed by atoms with Crippen LogP contribution < -0.4 is 5.43 Å². The Bertz CT molecular complexity index is 745. The highest BCUT2D eigenvalue weighted by molar-refractivity contribution is 6.31. The molecule has 1 aliphatic carbocycles. The van der Waals surface area contributed by atoms with Gasteiger partial charge in [-0.15, -0.1) is 0 Å². The van der Waals surface area contributed by atoms with Gasteiger partial charge >= 0.3 is 5.97 Å². The fourth-order valence-corrected chi connectivity index (χ4v) is 3.14. The molecule has 0 saturated heterocycles. The number of fused-ring (bicyclic) bond motifs is 1. The number of carboxylic acid groups (broad SMARTS) is 1. The molecule has 0 aliphatic heterocycles. The van der Waals surface area contributed by atoms with Crippen molar-refractivity contribution in [3.8, 4) is 0 Å². The summed E-state index contributed by atoms with van der Waals surface area (Å²) in [6.45, 7) is 0. The molecule has 0 atom stereocenters. The van der Waals surface area contributed by atoms with Gasteiger partial charge in [-0.2, -0.15) is 0 Å². The van der Waals surface area contributed by atoms with E-state index in [0.29, 0.717) is 10.4 Å². The molecular weight excluding hydrogens is 278 g/mol. The largest absolute Gasteiger partial charge is 0.477 e. The van der Waals surface area contributed by atoms with Gasteiger partial charge in [0.25, 0.3) is 0 Å². The average molecular weight is 292 g/mol. The molecule has 1 saturated carbocycles. The molecule has 20 heavy (non-hydrogen) atoms. The van der Waals surface area contributed by atoms with E-state index in [1.807, 2.05) is 4.57 Å². The van der Waals surface area contributed by atoms with Gasteiger partial charge in [-0.25, -0.2) is 4.79 Å². The molecule has 0 spiro atoms. The smallest absolute Gasteiger partial charge is 0.341 e. The number of carbonyl (C=O) groups is 1. The number of pyridine rings is 1. The number of nitrogens with zero attached hydrogens (tertiary/aromatic N) is 1. The summed E-state index contributed by atoms with van der Waals surface area (Å²) >= 11 is 5.94. The highest BCUT2D eigenvalue weighted by atomic mass is 35.5. The second-order valence-corrected chi connectivity index (χ2v) is 5.62. The fraction of sp³-hybridized carbons (Fsp3) is 0.333. The van der Waals surface area contributed by atoms with E-state index in [0.717, 1.165) is 31.2 Å². The molecule has 0 bridgehead atoms. The lowest BCUT2D eigenvalue weighted by Crippen LogP contribution is -2.20. The van der Waals surface area contributed by atoms with Crippen LogP contribution in [-0.2, 0) is 0 Å². The van der Waals surface area contributed by atoms with Crippen LogP contribution in [0, 0.1) is 0 Å². The third-order valence-corrected chi connectivity index (χ3v) is 4.18. The second kappa shape index (κ2) is 4.94. The van der Waals surface area contributed by atoms with Crippen molar-refractivity contribution in [2.24, 2.45) is 0 Å². The SMILES string of the molecule is O=C(O)c1cn(C2CCCC2)c2ccc(Cl)cc2c1=O. The first-order valence-electron chi connectivity index (χ1n) is 6.65. The Morgan fingerprint density at radius 2 is 2.00 bits per heavy atom. The zero-order chi connectivity index (χ0) is 14.3.